The highest BCUT2D eigenvalue weighted by Crippen LogP contribution is 2.37. The average Bonchev–Trinajstić information content (AvgIpc) is 2.95. The van der Waals surface area contributed by atoms with Crippen LogP contribution in [0.4, 0.5) is 10.2 Å². The summed E-state index contributed by atoms with van der Waals surface area (Å²) in [7, 11) is 1.79. The maximum Gasteiger partial charge on any atom is 0.129 e. The fourth-order valence-corrected chi connectivity index (χ4v) is 3.43. The predicted octanol–water partition coefficient (Wildman–Crippen LogP) is 4.14. The summed E-state index contributed by atoms with van der Waals surface area (Å²) in [5.74, 6) is 0.253. The van der Waals surface area contributed by atoms with Crippen LogP contribution in [-0.2, 0) is 7.05 Å². The molecule has 2 heterocycles. The molecule has 2 aromatic heterocycles. The lowest BCUT2D eigenvalue weighted by atomic mass is 10.0. The van der Waals surface area contributed by atoms with Crippen molar-refractivity contribution >= 4 is 39.7 Å². The Hall–Kier alpha value is -1.41. The van der Waals surface area contributed by atoms with Gasteiger partial charge in [-0.3, -0.25) is 4.68 Å². The number of rotatable bonds is 2. The minimum atomic E-state index is -0.281. The molecule has 3 nitrogen and oxygen atoms in total. The summed E-state index contributed by atoms with van der Waals surface area (Å²) in [5.41, 5.74) is 9.42. The summed E-state index contributed by atoms with van der Waals surface area (Å²) in [6.07, 6.45) is 0. The van der Waals surface area contributed by atoms with Crippen molar-refractivity contribution in [3.63, 3.8) is 0 Å². The van der Waals surface area contributed by atoms with Gasteiger partial charge in [0.2, 0.25) is 0 Å². The number of hydrogen-bond donors (Lipinski definition) is 1. The van der Waals surface area contributed by atoms with Gasteiger partial charge in [0.25, 0.3) is 0 Å². The molecule has 6 heteroatoms. The van der Waals surface area contributed by atoms with Gasteiger partial charge in [0, 0.05) is 18.0 Å². The highest BCUT2D eigenvalue weighted by Gasteiger charge is 2.18. The van der Waals surface area contributed by atoms with Crippen molar-refractivity contribution in [3.05, 3.63) is 44.4 Å². The number of aryl methyl sites for hydroxylation is 1. The Labute approximate surface area is 133 Å². The molecule has 0 atom stereocenters. The maximum absolute atomic E-state index is 13.5. The molecule has 3 aromatic rings. The van der Waals surface area contributed by atoms with E-state index in [9.17, 15) is 4.39 Å². The van der Waals surface area contributed by atoms with Crippen molar-refractivity contribution in [2.24, 2.45) is 7.05 Å². The summed E-state index contributed by atoms with van der Waals surface area (Å²) < 4.78 is 16.3. The second-order valence-electron chi connectivity index (χ2n) is 4.38. The molecule has 0 radical (unpaired) electrons. The van der Waals surface area contributed by atoms with Crippen molar-refractivity contribution in [1.82, 2.24) is 9.78 Å². The van der Waals surface area contributed by atoms with Gasteiger partial charge in [-0.25, -0.2) is 4.39 Å². The van der Waals surface area contributed by atoms with Gasteiger partial charge in [-0.15, -0.1) is 11.3 Å². The highest BCUT2D eigenvalue weighted by atomic mass is 127. The summed E-state index contributed by atoms with van der Waals surface area (Å²) in [5, 5.41) is 6.51. The van der Waals surface area contributed by atoms with Crippen LogP contribution in [-0.4, -0.2) is 9.78 Å². The minimum Gasteiger partial charge on any atom is -0.383 e. The van der Waals surface area contributed by atoms with Crippen LogP contribution in [0.15, 0.2) is 35.7 Å². The first-order chi connectivity index (χ1) is 9.56. The fraction of sp³-hybridized carbons (Fsp3) is 0.0714. The van der Waals surface area contributed by atoms with Crippen LogP contribution in [0, 0.1) is 8.70 Å². The van der Waals surface area contributed by atoms with Crippen LogP contribution in [0.3, 0.4) is 0 Å². The molecule has 0 spiro atoms. The van der Waals surface area contributed by atoms with E-state index in [-0.39, 0.29) is 5.82 Å². The third kappa shape index (κ3) is 2.33. The van der Waals surface area contributed by atoms with Crippen molar-refractivity contribution in [3.8, 4) is 22.4 Å². The van der Waals surface area contributed by atoms with Gasteiger partial charge in [0.05, 0.1) is 8.45 Å². The monoisotopic (exact) mass is 399 g/mol. The molecule has 0 aliphatic carbocycles. The lowest BCUT2D eigenvalue weighted by molar-refractivity contribution is 0.628. The molecule has 2 N–H and O–H groups in total. The van der Waals surface area contributed by atoms with E-state index < -0.39 is 0 Å². The molecule has 0 saturated heterocycles. The molecule has 1 aromatic carbocycles. The maximum atomic E-state index is 13.5. The first-order valence-electron chi connectivity index (χ1n) is 5.89. The molecule has 0 saturated carbocycles. The Balaban J connectivity index is 2.24. The number of nitrogen functional groups attached to an aromatic ring is 1. The van der Waals surface area contributed by atoms with E-state index >= 15 is 0 Å². The van der Waals surface area contributed by atoms with Gasteiger partial charge >= 0.3 is 0 Å². The third-order valence-electron chi connectivity index (χ3n) is 3.05. The van der Waals surface area contributed by atoms with Crippen molar-refractivity contribution in [1.29, 1.82) is 0 Å². The average molecular weight is 399 g/mol. The van der Waals surface area contributed by atoms with E-state index in [1.807, 2.05) is 11.4 Å². The molecule has 0 amide bonds. The molecule has 0 unspecified atom stereocenters. The molecule has 3 rings (SSSR count). The normalized spacial score (nSPS) is 10.9. The van der Waals surface area contributed by atoms with Crippen molar-refractivity contribution in [2.75, 3.05) is 5.73 Å². The first-order valence-corrected chi connectivity index (χ1v) is 7.85. The molecule has 102 valence electrons. The van der Waals surface area contributed by atoms with Gasteiger partial charge < -0.3 is 5.73 Å². The van der Waals surface area contributed by atoms with Gasteiger partial charge in [-0.2, -0.15) is 5.10 Å². The number of nitrogens with zero attached hydrogens (tertiary/aromatic N) is 2. The van der Waals surface area contributed by atoms with Crippen LogP contribution < -0.4 is 5.73 Å². The molecule has 0 bridgehead atoms. The number of aromatic nitrogens is 2. The predicted molar refractivity (Wildman–Crippen MR) is 89.0 cm³/mol. The Bertz CT molecular complexity index is 779. The van der Waals surface area contributed by atoms with Crippen LogP contribution in [0.5, 0.6) is 0 Å². The topological polar surface area (TPSA) is 43.8 Å². The lowest BCUT2D eigenvalue weighted by Crippen LogP contribution is -1.98. The highest BCUT2D eigenvalue weighted by molar-refractivity contribution is 14.1. The van der Waals surface area contributed by atoms with Gasteiger partial charge in [0.15, 0.2) is 0 Å². The number of benzene rings is 1. The van der Waals surface area contributed by atoms with Crippen molar-refractivity contribution in [2.45, 2.75) is 0 Å². The van der Waals surface area contributed by atoms with Gasteiger partial charge in [-0.05, 0) is 46.4 Å². The summed E-state index contributed by atoms with van der Waals surface area (Å²) in [6, 6.07) is 8.48. The second-order valence-corrected chi connectivity index (χ2v) is 7.19. The second kappa shape index (κ2) is 5.17. The Morgan fingerprint density at radius 3 is 2.75 bits per heavy atom. The smallest absolute Gasteiger partial charge is 0.129 e. The van der Waals surface area contributed by atoms with Crippen LogP contribution in [0.25, 0.3) is 22.4 Å². The van der Waals surface area contributed by atoms with Gasteiger partial charge in [0.1, 0.15) is 17.3 Å². The number of anilines is 1. The standard InChI is InChI=1S/C14H11FIN3S/c1-19-14(17)12(8-3-2-4-10(15)5-8)13(18-19)9-6-11(16)20-7-9/h2-7H,17H2,1H3. The first kappa shape index (κ1) is 13.6. The zero-order valence-electron chi connectivity index (χ0n) is 10.6. The molecule has 20 heavy (non-hydrogen) atoms. The Morgan fingerprint density at radius 1 is 1.30 bits per heavy atom. The Kier molecular flexibility index (Phi) is 3.51. The summed E-state index contributed by atoms with van der Waals surface area (Å²) in [6.45, 7) is 0. The van der Waals surface area contributed by atoms with Crippen LogP contribution in [0.2, 0.25) is 0 Å². The van der Waals surface area contributed by atoms with E-state index in [0.29, 0.717) is 5.82 Å². The molecule has 0 aliphatic rings. The SMILES string of the molecule is Cn1nc(-c2csc(I)c2)c(-c2cccc(F)c2)c1N. The van der Waals surface area contributed by atoms with E-state index in [0.717, 1.165) is 22.4 Å². The largest absolute Gasteiger partial charge is 0.383 e. The third-order valence-corrected chi connectivity index (χ3v) is 4.83. The summed E-state index contributed by atoms with van der Waals surface area (Å²) >= 11 is 3.91. The van der Waals surface area contributed by atoms with E-state index in [2.05, 4.69) is 33.8 Å². The quantitative estimate of drug-likeness (QED) is 0.659. The summed E-state index contributed by atoms with van der Waals surface area (Å²) in [4.78, 5) is 0. The van der Waals surface area contributed by atoms with E-state index in [4.69, 9.17) is 5.73 Å². The lowest BCUT2D eigenvalue weighted by Gasteiger charge is -2.03. The molecule has 0 fully saturated rings. The van der Waals surface area contributed by atoms with Crippen LogP contribution >= 0.6 is 33.9 Å². The number of hydrogen-bond acceptors (Lipinski definition) is 3. The Morgan fingerprint density at radius 2 is 2.10 bits per heavy atom. The number of thiophene rings is 1. The fourth-order valence-electron chi connectivity index (χ4n) is 2.10. The van der Waals surface area contributed by atoms with E-state index in [1.165, 1.54) is 15.0 Å². The molecular formula is C14H11FIN3S. The zero-order chi connectivity index (χ0) is 14.3. The molecular weight excluding hydrogens is 388 g/mol. The minimum absolute atomic E-state index is 0.281. The van der Waals surface area contributed by atoms with E-state index in [1.54, 1.807) is 29.1 Å². The zero-order valence-corrected chi connectivity index (χ0v) is 13.6. The van der Waals surface area contributed by atoms with Crippen LogP contribution in [0.1, 0.15) is 0 Å². The molecule has 0 aliphatic heterocycles. The van der Waals surface area contributed by atoms with Crippen molar-refractivity contribution < 1.29 is 4.39 Å². The van der Waals surface area contributed by atoms with Gasteiger partial charge in [-0.1, -0.05) is 12.1 Å². The number of nitrogens with two attached hydrogens (primary N) is 1. The number of halogens is 2.